The van der Waals surface area contributed by atoms with Crippen LogP contribution in [0.4, 0.5) is 0 Å². The van der Waals surface area contributed by atoms with E-state index in [0.29, 0.717) is 0 Å². The summed E-state index contributed by atoms with van der Waals surface area (Å²) in [5, 5.41) is 8.55. The lowest BCUT2D eigenvalue weighted by atomic mass is 10.2. The standard InChI is InChI=1S/C5H12O.C2H6/c1-3-4-5(2)6;1-2/h5-6H,3-4H2,1-2H3;1-2H3. The van der Waals surface area contributed by atoms with E-state index in [-0.39, 0.29) is 6.10 Å². The van der Waals surface area contributed by atoms with Crippen molar-refractivity contribution in [1.82, 2.24) is 0 Å². The molecule has 0 bridgehead atoms. The fourth-order valence-corrected chi connectivity index (χ4v) is 0.418. The quantitative estimate of drug-likeness (QED) is 0.589. The summed E-state index contributed by atoms with van der Waals surface area (Å²) in [4.78, 5) is 0. The summed E-state index contributed by atoms with van der Waals surface area (Å²) >= 11 is 0. The second-order valence-electron chi connectivity index (χ2n) is 1.64. The van der Waals surface area contributed by atoms with Crippen molar-refractivity contribution in [1.29, 1.82) is 0 Å². The van der Waals surface area contributed by atoms with Crippen LogP contribution in [0.25, 0.3) is 0 Å². The third kappa shape index (κ3) is 16.7. The normalized spacial score (nSPS) is 11.6. The lowest BCUT2D eigenvalue weighted by Gasteiger charge is -1.95. The van der Waals surface area contributed by atoms with Crippen LogP contribution >= 0.6 is 0 Å². The molecule has 0 aliphatic carbocycles. The average Bonchev–Trinajstić information content (AvgIpc) is 1.72. The van der Waals surface area contributed by atoms with Gasteiger partial charge in [-0.25, -0.2) is 0 Å². The summed E-state index contributed by atoms with van der Waals surface area (Å²) in [7, 11) is 0. The number of hydrogen-bond donors (Lipinski definition) is 1. The predicted molar refractivity (Wildman–Crippen MR) is 37.9 cm³/mol. The first-order chi connectivity index (χ1) is 3.77. The van der Waals surface area contributed by atoms with Gasteiger partial charge in [0.25, 0.3) is 0 Å². The Morgan fingerprint density at radius 1 is 1.38 bits per heavy atom. The first-order valence-electron chi connectivity index (χ1n) is 3.45. The third-order valence-electron chi connectivity index (χ3n) is 0.706. The van der Waals surface area contributed by atoms with Crippen molar-refractivity contribution in [3.63, 3.8) is 0 Å². The Bertz CT molecular complexity index is 25.6. The zero-order valence-corrected chi connectivity index (χ0v) is 6.44. The fraction of sp³-hybridized carbons (Fsp3) is 1.00. The molecule has 0 aliphatic rings. The summed E-state index contributed by atoms with van der Waals surface area (Å²) in [6, 6.07) is 0. The highest BCUT2D eigenvalue weighted by molar-refractivity contribution is 4.40. The van der Waals surface area contributed by atoms with Gasteiger partial charge in [0.05, 0.1) is 6.10 Å². The maximum Gasteiger partial charge on any atom is 0.0512 e. The molecule has 0 fully saturated rings. The second kappa shape index (κ2) is 10.0. The molecule has 1 unspecified atom stereocenters. The van der Waals surface area contributed by atoms with Crippen molar-refractivity contribution >= 4 is 0 Å². The van der Waals surface area contributed by atoms with E-state index in [9.17, 15) is 0 Å². The van der Waals surface area contributed by atoms with Gasteiger partial charge in [0.1, 0.15) is 0 Å². The molecule has 1 heteroatoms. The first-order valence-corrected chi connectivity index (χ1v) is 3.45. The van der Waals surface area contributed by atoms with Gasteiger partial charge in [-0.1, -0.05) is 27.2 Å². The van der Waals surface area contributed by atoms with Gasteiger partial charge < -0.3 is 5.11 Å². The van der Waals surface area contributed by atoms with Crippen molar-refractivity contribution in [2.24, 2.45) is 0 Å². The summed E-state index contributed by atoms with van der Waals surface area (Å²) in [5.74, 6) is 0. The predicted octanol–water partition coefficient (Wildman–Crippen LogP) is 2.19. The molecule has 0 aromatic rings. The molecule has 0 spiro atoms. The molecule has 0 amide bonds. The molecule has 0 radical (unpaired) electrons. The monoisotopic (exact) mass is 118 g/mol. The van der Waals surface area contributed by atoms with Crippen LogP contribution < -0.4 is 0 Å². The molecule has 0 aliphatic heterocycles. The molecule has 1 N–H and O–H groups in total. The largest absolute Gasteiger partial charge is 0.393 e. The van der Waals surface area contributed by atoms with E-state index in [0.717, 1.165) is 12.8 Å². The Morgan fingerprint density at radius 3 is 1.75 bits per heavy atom. The summed E-state index contributed by atoms with van der Waals surface area (Å²) < 4.78 is 0. The number of hydrogen-bond acceptors (Lipinski definition) is 1. The van der Waals surface area contributed by atoms with Gasteiger partial charge in [0.2, 0.25) is 0 Å². The molecule has 0 saturated carbocycles. The van der Waals surface area contributed by atoms with E-state index >= 15 is 0 Å². The van der Waals surface area contributed by atoms with Gasteiger partial charge in [-0.05, 0) is 13.3 Å². The van der Waals surface area contributed by atoms with Gasteiger partial charge in [-0.2, -0.15) is 0 Å². The Balaban J connectivity index is 0. The minimum absolute atomic E-state index is 0.102. The number of aliphatic hydroxyl groups is 1. The van der Waals surface area contributed by atoms with Crippen LogP contribution in [0.15, 0.2) is 0 Å². The van der Waals surface area contributed by atoms with Crippen molar-refractivity contribution in [3.8, 4) is 0 Å². The number of rotatable bonds is 2. The van der Waals surface area contributed by atoms with Crippen LogP contribution in [0.2, 0.25) is 0 Å². The molecule has 0 aromatic carbocycles. The fourth-order valence-electron chi connectivity index (χ4n) is 0.418. The highest BCUT2D eigenvalue weighted by atomic mass is 16.3. The van der Waals surface area contributed by atoms with Gasteiger partial charge >= 0.3 is 0 Å². The lowest BCUT2D eigenvalue weighted by Crippen LogP contribution is -1.95. The highest BCUT2D eigenvalue weighted by Gasteiger charge is 1.87. The number of aliphatic hydroxyl groups excluding tert-OH is 1. The molecule has 52 valence electrons. The Kier molecular flexibility index (Phi) is 13.6. The maximum atomic E-state index is 8.55. The molecule has 0 rings (SSSR count). The summed E-state index contributed by atoms with van der Waals surface area (Å²) in [6.45, 7) is 7.87. The van der Waals surface area contributed by atoms with Crippen LogP contribution in [0.5, 0.6) is 0 Å². The third-order valence-corrected chi connectivity index (χ3v) is 0.706. The van der Waals surface area contributed by atoms with E-state index < -0.39 is 0 Å². The molecule has 1 nitrogen and oxygen atoms in total. The maximum absolute atomic E-state index is 8.55. The average molecular weight is 118 g/mol. The molecule has 0 heterocycles. The molecular formula is C7H18O. The van der Waals surface area contributed by atoms with E-state index in [2.05, 4.69) is 6.92 Å². The van der Waals surface area contributed by atoms with E-state index in [1.165, 1.54) is 0 Å². The Labute approximate surface area is 52.7 Å². The van der Waals surface area contributed by atoms with Gasteiger partial charge in [-0.15, -0.1) is 0 Å². The van der Waals surface area contributed by atoms with Gasteiger partial charge in [0, 0.05) is 0 Å². The van der Waals surface area contributed by atoms with Crippen molar-refractivity contribution in [2.45, 2.75) is 46.6 Å². The van der Waals surface area contributed by atoms with Crippen molar-refractivity contribution < 1.29 is 5.11 Å². The van der Waals surface area contributed by atoms with Crippen LogP contribution in [0.1, 0.15) is 40.5 Å². The minimum atomic E-state index is -0.102. The summed E-state index contributed by atoms with van der Waals surface area (Å²) in [5.41, 5.74) is 0. The molecule has 8 heavy (non-hydrogen) atoms. The van der Waals surface area contributed by atoms with E-state index in [1.807, 2.05) is 20.8 Å². The van der Waals surface area contributed by atoms with Crippen LogP contribution in [-0.2, 0) is 0 Å². The Morgan fingerprint density at radius 2 is 1.75 bits per heavy atom. The summed E-state index contributed by atoms with van der Waals surface area (Å²) in [6.07, 6.45) is 1.91. The molecular weight excluding hydrogens is 100 g/mol. The SMILES string of the molecule is CC.CCCC(C)O. The highest BCUT2D eigenvalue weighted by Crippen LogP contribution is 1.91. The molecule has 0 aromatic heterocycles. The lowest BCUT2D eigenvalue weighted by molar-refractivity contribution is 0.183. The molecule has 0 saturated heterocycles. The smallest absolute Gasteiger partial charge is 0.0512 e. The molecule has 1 atom stereocenters. The van der Waals surface area contributed by atoms with Crippen molar-refractivity contribution in [3.05, 3.63) is 0 Å². The van der Waals surface area contributed by atoms with Crippen molar-refractivity contribution in [2.75, 3.05) is 0 Å². The van der Waals surface area contributed by atoms with Crippen LogP contribution in [0, 0.1) is 0 Å². The second-order valence-corrected chi connectivity index (χ2v) is 1.64. The topological polar surface area (TPSA) is 20.2 Å². The zero-order valence-electron chi connectivity index (χ0n) is 6.44. The van der Waals surface area contributed by atoms with Gasteiger partial charge in [-0.3, -0.25) is 0 Å². The Hall–Kier alpha value is -0.0400. The van der Waals surface area contributed by atoms with E-state index in [4.69, 9.17) is 5.11 Å². The van der Waals surface area contributed by atoms with Crippen LogP contribution in [0.3, 0.4) is 0 Å². The van der Waals surface area contributed by atoms with Gasteiger partial charge in [0.15, 0.2) is 0 Å². The zero-order chi connectivity index (χ0) is 6.99. The van der Waals surface area contributed by atoms with Crippen LogP contribution in [-0.4, -0.2) is 11.2 Å². The minimum Gasteiger partial charge on any atom is -0.393 e. The first kappa shape index (κ1) is 10.9. The van der Waals surface area contributed by atoms with E-state index in [1.54, 1.807) is 0 Å².